The second-order valence-electron chi connectivity index (χ2n) is 14.8. The van der Waals surface area contributed by atoms with Crippen LogP contribution < -0.4 is 0 Å². The van der Waals surface area contributed by atoms with E-state index in [4.69, 9.17) is 19.4 Å². The van der Waals surface area contributed by atoms with E-state index < -0.39 is 0 Å². The summed E-state index contributed by atoms with van der Waals surface area (Å²) in [5, 5.41) is 4.47. The number of benzene rings is 9. The molecule has 0 aliphatic rings. The van der Waals surface area contributed by atoms with Crippen LogP contribution in [0.15, 0.2) is 217 Å². The molecule has 0 radical (unpaired) electrons. The summed E-state index contributed by atoms with van der Waals surface area (Å²) in [6, 6.07) is 74.0. The zero-order valence-electron chi connectivity index (χ0n) is 32.0. The van der Waals surface area contributed by atoms with E-state index in [1.54, 1.807) is 0 Å². The third-order valence-electron chi connectivity index (χ3n) is 11.2. The molecular formula is C55H35N3O. The third kappa shape index (κ3) is 6.34. The summed E-state index contributed by atoms with van der Waals surface area (Å²) in [5.41, 5.74) is 13.7. The van der Waals surface area contributed by atoms with E-state index in [2.05, 4.69) is 200 Å². The zero-order valence-corrected chi connectivity index (χ0v) is 32.0. The van der Waals surface area contributed by atoms with Gasteiger partial charge in [-0.3, -0.25) is 0 Å². The van der Waals surface area contributed by atoms with Crippen molar-refractivity contribution in [1.82, 2.24) is 15.0 Å². The van der Waals surface area contributed by atoms with Crippen LogP contribution in [0.1, 0.15) is 0 Å². The number of rotatable bonds is 7. The molecule has 0 fully saturated rings. The van der Waals surface area contributed by atoms with Crippen LogP contribution in [0.4, 0.5) is 0 Å². The molecule has 0 saturated heterocycles. The van der Waals surface area contributed by atoms with Gasteiger partial charge in [-0.15, -0.1) is 0 Å². The summed E-state index contributed by atoms with van der Waals surface area (Å²) < 4.78 is 6.66. The number of fused-ring (bicyclic) bond motifs is 5. The van der Waals surface area contributed by atoms with Crippen molar-refractivity contribution in [3.63, 3.8) is 0 Å². The highest BCUT2D eigenvalue weighted by Crippen LogP contribution is 2.43. The molecule has 0 aliphatic carbocycles. The van der Waals surface area contributed by atoms with Gasteiger partial charge in [-0.25, -0.2) is 15.0 Å². The van der Waals surface area contributed by atoms with Crippen molar-refractivity contribution < 1.29 is 4.42 Å². The Hall–Kier alpha value is -7.95. The number of furan rings is 1. The minimum atomic E-state index is 0.613. The van der Waals surface area contributed by atoms with E-state index in [0.29, 0.717) is 17.5 Å². The normalized spacial score (nSPS) is 11.4. The molecule has 0 saturated carbocycles. The van der Waals surface area contributed by atoms with Gasteiger partial charge in [0, 0.05) is 32.8 Å². The maximum atomic E-state index is 6.66. The van der Waals surface area contributed by atoms with Crippen LogP contribution in [0, 0.1) is 0 Å². The smallest absolute Gasteiger partial charge is 0.164 e. The highest BCUT2D eigenvalue weighted by molar-refractivity contribution is 6.22. The molecule has 2 heterocycles. The maximum absolute atomic E-state index is 6.66. The fourth-order valence-corrected chi connectivity index (χ4v) is 8.19. The van der Waals surface area contributed by atoms with Crippen molar-refractivity contribution in [3.8, 4) is 78.7 Å². The van der Waals surface area contributed by atoms with Crippen LogP contribution in [0.25, 0.3) is 111 Å². The van der Waals surface area contributed by atoms with E-state index in [1.807, 2.05) is 12.1 Å². The molecule has 0 unspecified atom stereocenters. The summed E-state index contributed by atoms with van der Waals surface area (Å²) in [5.74, 6) is 1.86. The first kappa shape index (κ1) is 34.3. The van der Waals surface area contributed by atoms with Crippen LogP contribution in [-0.2, 0) is 0 Å². The van der Waals surface area contributed by atoms with E-state index in [0.717, 1.165) is 66.3 Å². The molecule has 4 heteroatoms. The van der Waals surface area contributed by atoms with Gasteiger partial charge in [-0.2, -0.15) is 0 Å². The first-order valence-corrected chi connectivity index (χ1v) is 19.8. The second kappa shape index (κ2) is 14.5. The number of hydrogen-bond acceptors (Lipinski definition) is 4. The van der Waals surface area contributed by atoms with Gasteiger partial charge in [0.15, 0.2) is 17.5 Å². The molecule has 4 nitrogen and oxygen atoms in total. The predicted molar refractivity (Wildman–Crippen MR) is 243 cm³/mol. The quantitative estimate of drug-likeness (QED) is 0.163. The lowest BCUT2D eigenvalue weighted by Gasteiger charge is -2.11. The average Bonchev–Trinajstić information content (AvgIpc) is 3.71. The Labute approximate surface area is 341 Å². The van der Waals surface area contributed by atoms with Crippen LogP contribution in [0.3, 0.4) is 0 Å². The molecule has 11 rings (SSSR count). The molecule has 0 aliphatic heterocycles. The summed E-state index contributed by atoms with van der Waals surface area (Å²) in [4.78, 5) is 15.2. The molecule has 0 bridgehead atoms. The fraction of sp³-hybridized carbons (Fsp3) is 0. The molecular weight excluding hydrogens is 719 g/mol. The van der Waals surface area contributed by atoms with Crippen molar-refractivity contribution in [2.24, 2.45) is 0 Å². The van der Waals surface area contributed by atoms with Crippen LogP contribution in [0.2, 0.25) is 0 Å². The highest BCUT2D eigenvalue weighted by Gasteiger charge is 2.19. The Kier molecular flexibility index (Phi) is 8.45. The Balaban J connectivity index is 1.01. The van der Waals surface area contributed by atoms with Crippen molar-refractivity contribution in [2.45, 2.75) is 0 Å². The summed E-state index contributed by atoms with van der Waals surface area (Å²) in [7, 11) is 0. The van der Waals surface area contributed by atoms with Crippen LogP contribution >= 0.6 is 0 Å². The summed E-state index contributed by atoms with van der Waals surface area (Å²) in [6.07, 6.45) is 0. The largest absolute Gasteiger partial charge is 0.455 e. The van der Waals surface area contributed by atoms with Gasteiger partial charge in [0.05, 0.1) is 0 Å². The number of hydrogen-bond donors (Lipinski definition) is 0. The van der Waals surface area contributed by atoms with Gasteiger partial charge in [-0.05, 0) is 62.0 Å². The molecule has 276 valence electrons. The molecule has 59 heavy (non-hydrogen) atoms. The van der Waals surface area contributed by atoms with Gasteiger partial charge >= 0.3 is 0 Å². The van der Waals surface area contributed by atoms with Gasteiger partial charge in [-0.1, -0.05) is 200 Å². The fourth-order valence-electron chi connectivity index (χ4n) is 8.19. The third-order valence-corrected chi connectivity index (χ3v) is 11.2. The number of nitrogens with zero attached hydrogens (tertiary/aromatic N) is 3. The number of aromatic nitrogens is 3. The average molecular weight is 754 g/mol. The Morgan fingerprint density at radius 3 is 1.17 bits per heavy atom. The molecule has 0 spiro atoms. The molecule has 2 aromatic heterocycles. The molecule has 0 amide bonds. The zero-order chi connectivity index (χ0) is 39.1. The Morgan fingerprint density at radius 1 is 0.271 bits per heavy atom. The van der Waals surface area contributed by atoms with Gasteiger partial charge in [0.1, 0.15) is 11.2 Å². The van der Waals surface area contributed by atoms with E-state index >= 15 is 0 Å². The van der Waals surface area contributed by atoms with Crippen LogP contribution in [0.5, 0.6) is 0 Å². The van der Waals surface area contributed by atoms with Crippen molar-refractivity contribution in [2.75, 3.05) is 0 Å². The monoisotopic (exact) mass is 753 g/mol. The Morgan fingerprint density at radius 2 is 0.661 bits per heavy atom. The van der Waals surface area contributed by atoms with E-state index in [1.165, 1.54) is 27.6 Å². The highest BCUT2D eigenvalue weighted by atomic mass is 16.3. The van der Waals surface area contributed by atoms with Gasteiger partial charge in [0.25, 0.3) is 0 Å². The van der Waals surface area contributed by atoms with Crippen molar-refractivity contribution >= 4 is 32.7 Å². The van der Waals surface area contributed by atoms with Crippen molar-refractivity contribution in [3.05, 3.63) is 212 Å². The SMILES string of the molecule is c1ccc(-c2ccc(-c3nc(-c4ccc(-c5ccccc5)cc4)nc(-c4ccc(-c5cccc6oc7c8ccccc8c(-c8ccccc8)cc7c56)cc4)n3)cc2)cc1. The van der Waals surface area contributed by atoms with Crippen molar-refractivity contribution in [1.29, 1.82) is 0 Å². The molecule has 0 atom stereocenters. The first-order valence-electron chi connectivity index (χ1n) is 19.8. The van der Waals surface area contributed by atoms with Gasteiger partial charge in [0.2, 0.25) is 0 Å². The maximum Gasteiger partial charge on any atom is 0.164 e. The minimum absolute atomic E-state index is 0.613. The summed E-state index contributed by atoms with van der Waals surface area (Å²) in [6.45, 7) is 0. The molecule has 9 aromatic carbocycles. The lowest BCUT2D eigenvalue weighted by molar-refractivity contribution is 0.673. The lowest BCUT2D eigenvalue weighted by Crippen LogP contribution is -2.00. The molecule has 0 N–H and O–H groups in total. The summed E-state index contributed by atoms with van der Waals surface area (Å²) >= 11 is 0. The van der Waals surface area contributed by atoms with E-state index in [9.17, 15) is 0 Å². The minimum Gasteiger partial charge on any atom is -0.455 e. The lowest BCUT2D eigenvalue weighted by atomic mass is 9.93. The second-order valence-corrected chi connectivity index (χ2v) is 14.8. The van der Waals surface area contributed by atoms with Crippen LogP contribution in [-0.4, -0.2) is 15.0 Å². The standard InChI is InChI=1S/C55H35N3O/c1-4-13-36(14-5-1)38-23-29-42(30-24-38)53-56-54(43-31-25-39(26-32-43)37-15-6-2-7-16-37)58-55(57-53)44-33-27-41(28-34-44)45-21-12-22-50-51(45)49-35-48(40-17-8-3-9-18-40)46-19-10-11-20-47(46)52(49)59-50/h1-35H. The molecule has 11 aromatic rings. The topological polar surface area (TPSA) is 51.8 Å². The Bertz CT molecular complexity index is 3170. The van der Waals surface area contributed by atoms with E-state index in [-0.39, 0.29) is 0 Å². The van der Waals surface area contributed by atoms with Gasteiger partial charge < -0.3 is 4.42 Å². The first-order chi connectivity index (χ1) is 29.2. The predicted octanol–water partition coefficient (Wildman–Crippen LogP) is 14.6.